The van der Waals surface area contributed by atoms with Gasteiger partial charge in [0, 0.05) is 34.2 Å². The van der Waals surface area contributed by atoms with Crippen molar-refractivity contribution in [3.05, 3.63) is 24.3 Å². The lowest BCUT2D eigenvalue weighted by molar-refractivity contribution is -0.154. The number of likely N-dealkylation sites (N-methyl/N-ethyl adjacent to an activating group) is 1. The van der Waals surface area contributed by atoms with Crippen molar-refractivity contribution in [2.45, 2.75) is 194 Å². The summed E-state index contributed by atoms with van der Waals surface area (Å²) in [7, 11) is 1.56. The minimum absolute atomic E-state index is 0. The predicted octanol–water partition coefficient (Wildman–Crippen LogP) is 11.6. The van der Waals surface area contributed by atoms with Crippen LogP contribution in [0.4, 0.5) is 4.79 Å². The summed E-state index contributed by atoms with van der Waals surface area (Å²) in [5, 5.41) is 12.4. The Morgan fingerprint density at radius 3 is 1.81 bits per heavy atom. The molecule has 0 aliphatic carbocycles. The normalized spacial score (nSPS) is 14.1. The van der Waals surface area contributed by atoms with Crippen LogP contribution in [0.15, 0.2) is 24.3 Å². The molecule has 3 atom stereocenters. The Hall–Kier alpha value is -1.98. The average Bonchev–Trinajstić information content (AvgIpc) is 3.13. The fourth-order valence-corrected chi connectivity index (χ4v) is 4.80. The lowest BCUT2D eigenvalue weighted by atomic mass is 10.1. The molecule has 0 radical (unpaired) electrons. The zero-order valence-corrected chi connectivity index (χ0v) is 33.9. The number of esters is 1. The molecule has 1 heterocycles. The standard InChI is InChI=1S/C25H48N2O7.C7H16.C6H10.C2H6.4CH4.H2O.H2/c1-4-6-7-8-9-10-16-32-24(31-3)14-13-23(29)33-19-21(18-28)20-34-25(30)26-22-12-11-15-27(5-2)17-22;1-3-5-7-6-4-2;1-3-5-6-4-2;1-2;;;;;;/h21-22,24,28H,4-20H2,1-3H3,(H,26,30);3-7H2,1-2H3;3-6H,1-2H3;1-2H3;4*1H4;1H2;1H. The number of methoxy groups -OCH3 is 1. The summed E-state index contributed by atoms with van der Waals surface area (Å²) in [6, 6.07) is 0.0728. The third-order valence-electron chi connectivity index (χ3n) is 7.81. The van der Waals surface area contributed by atoms with Crippen LogP contribution in [0.5, 0.6) is 0 Å². The number of aliphatic hydroxyl groups excluding tert-OH is 1. The van der Waals surface area contributed by atoms with E-state index in [2.05, 4.69) is 37.9 Å². The largest absolute Gasteiger partial charge is 0.465 e. The van der Waals surface area contributed by atoms with Gasteiger partial charge in [-0.25, -0.2) is 4.79 Å². The molecule has 334 valence electrons. The van der Waals surface area contributed by atoms with E-state index in [0.717, 1.165) is 45.3 Å². The van der Waals surface area contributed by atoms with Gasteiger partial charge in [0.2, 0.25) is 0 Å². The molecule has 0 bridgehead atoms. The van der Waals surface area contributed by atoms with Gasteiger partial charge in [0.25, 0.3) is 0 Å². The highest BCUT2D eigenvalue weighted by atomic mass is 16.7. The topological polar surface area (TPSA) is 138 Å². The number of hydrogen-bond acceptors (Lipinski definition) is 8. The Morgan fingerprint density at radius 1 is 0.833 bits per heavy atom. The summed E-state index contributed by atoms with van der Waals surface area (Å²) in [5.41, 5.74) is 0. The summed E-state index contributed by atoms with van der Waals surface area (Å²) >= 11 is 0. The van der Waals surface area contributed by atoms with Crippen molar-refractivity contribution in [3.63, 3.8) is 0 Å². The smallest absolute Gasteiger partial charge is 0.407 e. The van der Waals surface area contributed by atoms with Crippen molar-refractivity contribution < 1.29 is 40.5 Å². The van der Waals surface area contributed by atoms with Gasteiger partial charge in [-0.1, -0.05) is 160 Å². The number of nitrogens with zero attached hydrogens (tertiary/aromatic N) is 1. The van der Waals surface area contributed by atoms with E-state index in [1.54, 1.807) is 7.11 Å². The van der Waals surface area contributed by atoms with Gasteiger partial charge in [-0.05, 0) is 46.2 Å². The number of allylic oxidation sites excluding steroid dienone is 4. The maximum absolute atomic E-state index is 12.1. The van der Waals surface area contributed by atoms with E-state index in [1.165, 1.54) is 57.8 Å². The number of carbonyl (C=O) groups is 2. The minimum atomic E-state index is -0.502. The highest BCUT2D eigenvalue weighted by Crippen LogP contribution is 2.11. The zero-order chi connectivity index (χ0) is 37.4. The first-order chi connectivity index (χ1) is 23.8. The van der Waals surface area contributed by atoms with Crippen LogP contribution in [0.3, 0.4) is 0 Å². The number of amides is 1. The number of likely N-dealkylation sites (tertiary alicyclic amines) is 1. The number of aliphatic hydroxyl groups is 1. The van der Waals surface area contributed by atoms with Crippen molar-refractivity contribution in [3.8, 4) is 0 Å². The second-order valence-electron chi connectivity index (χ2n) is 12.2. The van der Waals surface area contributed by atoms with Gasteiger partial charge >= 0.3 is 12.1 Å². The summed E-state index contributed by atoms with van der Waals surface area (Å²) in [6.45, 7) is 20.0. The third-order valence-corrected chi connectivity index (χ3v) is 7.81. The molecule has 1 aliphatic heterocycles. The van der Waals surface area contributed by atoms with Crippen LogP contribution in [0.2, 0.25) is 0 Å². The average molecular weight is 785 g/mol. The molecule has 54 heavy (non-hydrogen) atoms. The summed E-state index contributed by atoms with van der Waals surface area (Å²) in [6.07, 6.45) is 23.7. The second kappa shape index (κ2) is 57.7. The van der Waals surface area contributed by atoms with Crippen LogP contribution in [0.25, 0.3) is 0 Å². The van der Waals surface area contributed by atoms with Crippen molar-refractivity contribution >= 4 is 12.1 Å². The molecule has 4 N–H and O–H groups in total. The molecule has 0 spiro atoms. The Morgan fingerprint density at radius 2 is 1.33 bits per heavy atom. The fraction of sp³-hybridized carbons (Fsp3) is 0.864. The number of carbonyl (C=O) groups excluding carboxylic acids is 2. The number of unbranched alkanes of at least 4 members (excludes halogenated alkanes) is 9. The molecule has 3 unspecified atom stereocenters. The van der Waals surface area contributed by atoms with Gasteiger partial charge < -0.3 is 39.7 Å². The molecule has 1 amide bonds. The number of piperidine rings is 1. The maximum atomic E-state index is 12.1. The summed E-state index contributed by atoms with van der Waals surface area (Å²) < 4.78 is 21.5. The SMILES string of the molecule is C.C.C.C.CC.CC=CC=CC.CCCCCCC.CCCCCCCCOC(CCC(=O)OCC(CO)COC(=O)NC1CCCN(CC)C1)OC.O.[HH]. The molecular formula is C44H100N2O8. The van der Waals surface area contributed by atoms with Gasteiger partial charge in [0.05, 0.1) is 25.6 Å². The molecule has 10 nitrogen and oxygen atoms in total. The Balaban J connectivity index is -0.000000123. The Labute approximate surface area is 339 Å². The minimum Gasteiger partial charge on any atom is -0.465 e. The van der Waals surface area contributed by atoms with Crippen LogP contribution < -0.4 is 5.32 Å². The molecular weight excluding hydrogens is 684 g/mol. The molecule has 1 saturated heterocycles. The summed E-state index contributed by atoms with van der Waals surface area (Å²) in [4.78, 5) is 26.5. The molecule has 1 rings (SSSR count). The summed E-state index contributed by atoms with van der Waals surface area (Å²) in [5.74, 6) is -0.856. The molecule has 1 fully saturated rings. The highest BCUT2D eigenvalue weighted by molar-refractivity contribution is 5.69. The van der Waals surface area contributed by atoms with E-state index in [-0.39, 0.29) is 68.9 Å². The van der Waals surface area contributed by atoms with Gasteiger partial charge in [0.15, 0.2) is 6.29 Å². The number of alkyl carbamates (subject to hydrolysis) is 1. The molecule has 0 aromatic rings. The molecule has 1 aliphatic rings. The van der Waals surface area contributed by atoms with Crippen molar-refractivity contribution in [2.75, 3.05) is 53.2 Å². The zero-order valence-electron chi connectivity index (χ0n) is 33.9. The van der Waals surface area contributed by atoms with Gasteiger partial charge in [-0.2, -0.15) is 0 Å². The number of rotatable bonds is 24. The van der Waals surface area contributed by atoms with Crippen LogP contribution in [0, 0.1) is 5.92 Å². The van der Waals surface area contributed by atoms with Crippen molar-refractivity contribution in [1.29, 1.82) is 0 Å². The van der Waals surface area contributed by atoms with Crippen molar-refractivity contribution in [2.24, 2.45) is 5.92 Å². The van der Waals surface area contributed by atoms with E-state index in [4.69, 9.17) is 18.9 Å². The number of ether oxygens (including phenoxy) is 4. The highest BCUT2D eigenvalue weighted by Gasteiger charge is 2.22. The monoisotopic (exact) mass is 785 g/mol. The van der Waals surface area contributed by atoms with Crippen LogP contribution in [-0.2, 0) is 23.7 Å². The molecule has 0 saturated carbocycles. The second-order valence-corrected chi connectivity index (χ2v) is 12.2. The van der Waals surface area contributed by atoms with Crippen molar-refractivity contribution in [1.82, 2.24) is 10.2 Å². The van der Waals surface area contributed by atoms with E-state index < -0.39 is 24.3 Å². The Bertz CT molecular complexity index is 745. The van der Waals surface area contributed by atoms with Gasteiger partial charge in [0.1, 0.15) is 6.61 Å². The van der Waals surface area contributed by atoms with Gasteiger partial charge in [-0.3, -0.25) is 4.79 Å². The lowest BCUT2D eigenvalue weighted by Crippen LogP contribution is -2.48. The number of nitrogens with one attached hydrogen (secondary N) is 1. The first-order valence-corrected chi connectivity index (χ1v) is 19.7. The van der Waals surface area contributed by atoms with E-state index in [9.17, 15) is 14.7 Å². The van der Waals surface area contributed by atoms with E-state index >= 15 is 0 Å². The lowest BCUT2D eigenvalue weighted by Gasteiger charge is -2.32. The molecule has 0 aromatic carbocycles. The van der Waals surface area contributed by atoms with Crippen LogP contribution >= 0.6 is 0 Å². The molecule has 10 heteroatoms. The third kappa shape index (κ3) is 50.0. The predicted molar refractivity (Wildman–Crippen MR) is 239 cm³/mol. The molecule has 0 aromatic heterocycles. The van der Waals surface area contributed by atoms with E-state index in [1.807, 2.05) is 52.0 Å². The van der Waals surface area contributed by atoms with Crippen LogP contribution in [-0.4, -0.2) is 93.0 Å². The van der Waals surface area contributed by atoms with Crippen LogP contribution in [0.1, 0.15) is 183 Å². The number of hydrogen-bond donors (Lipinski definition) is 2. The quantitative estimate of drug-likeness (QED) is 0.0427. The maximum Gasteiger partial charge on any atom is 0.407 e. The van der Waals surface area contributed by atoms with Gasteiger partial charge in [-0.15, -0.1) is 0 Å². The first-order valence-electron chi connectivity index (χ1n) is 19.7. The Kier molecular flexibility index (Phi) is 74.7. The first kappa shape index (κ1) is 69.9. The van der Waals surface area contributed by atoms with E-state index in [0.29, 0.717) is 13.0 Å². The fourth-order valence-electron chi connectivity index (χ4n) is 4.80.